The number of para-hydroxylation sites is 2. The Morgan fingerprint density at radius 2 is 1.65 bits per heavy atom. The van der Waals surface area contributed by atoms with Crippen LogP contribution in [-0.2, 0) is 22.5 Å². The van der Waals surface area contributed by atoms with Crippen LogP contribution in [0.15, 0.2) is 77.4 Å². The maximum Gasteiger partial charge on any atom is 0.310 e. The lowest BCUT2D eigenvalue weighted by Crippen LogP contribution is -2.42. The van der Waals surface area contributed by atoms with Crippen LogP contribution in [0.3, 0.4) is 0 Å². The molecule has 0 radical (unpaired) electrons. The molecule has 40 heavy (non-hydrogen) atoms. The first kappa shape index (κ1) is 30.4. The number of hydrogen-bond acceptors (Lipinski definition) is 7. The number of halogens is 2. The maximum atomic E-state index is 12.8. The highest BCUT2D eigenvalue weighted by Crippen LogP contribution is 2.41. The van der Waals surface area contributed by atoms with Gasteiger partial charge in [0, 0.05) is 41.9 Å². The molecular formula is C31H35Cl2N3O3S. The van der Waals surface area contributed by atoms with E-state index in [1.807, 2.05) is 42.5 Å². The van der Waals surface area contributed by atoms with Crippen molar-refractivity contribution < 1.29 is 9.53 Å². The zero-order chi connectivity index (χ0) is 28.2. The highest BCUT2D eigenvalue weighted by molar-refractivity contribution is 7.99. The van der Waals surface area contributed by atoms with Crippen LogP contribution in [-0.4, -0.2) is 35.3 Å². The van der Waals surface area contributed by atoms with Crippen LogP contribution < -0.4 is 5.32 Å². The minimum atomic E-state index is -0.293. The highest BCUT2D eigenvalue weighted by atomic mass is 35.5. The average Bonchev–Trinajstić information content (AvgIpc) is 2.95. The Morgan fingerprint density at radius 1 is 0.950 bits per heavy atom. The number of anilines is 2. The van der Waals surface area contributed by atoms with Gasteiger partial charge in [0.25, 0.3) is 0 Å². The molecule has 0 aliphatic heterocycles. The molecule has 1 aliphatic carbocycles. The summed E-state index contributed by atoms with van der Waals surface area (Å²) in [6, 6.07) is 23.2. The highest BCUT2D eigenvalue weighted by Gasteiger charge is 2.35. The number of nitroso groups, excluding NO2 is 1. The first-order valence-electron chi connectivity index (χ1n) is 13.7. The molecule has 1 aliphatic rings. The monoisotopic (exact) mass is 599 g/mol. The summed E-state index contributed by atoms with van der Waals surface area (Å²) in [5.74, 6) is -0.293. The molecule has 0 bridgehead atoms. The minimum absolute atomic E-state index is 0.129. The summed E-state index contributed by atoms with van der Waals surface area (Å²) < 4.78 is 8.74. The van der Waals surface area contributed by atoms with E-state index in [-0.39, 0.29) is 17.1 Å². The Kier molecular flexibility index (Phi) is 11.7. The fourth-order valence-corrected chi connectivity index (χ4v) is 6.61. The summed E-state index contributed by atoms with van der Waals surface area (Å²) in [4.78, 5) is 26.4. The third-order valence-electron chi connectivity index (χ3n) is 7.21. The van der Waals surface area contributed by atoms with E-state index in [1.54, 1.807) is 18.2 Å². The number of benzene rings is 3. The molecule has 3 aromatic rings. The van der Waals surface area contributed by atoms with Crippen LogP contribution in [0.2, 0.25) is 10.0 Å². The van der Waals surface area contributed by atoms with E-state index in [4.69, 9.17) is 27.9 Å². The third kappa shape index (κ3) is 8.96. The molecule has 0 atom stereocenters. The predicted molar refractivity (Wildman–Crippen MR) is 166 cm³/mol. The molecule has 1 N–H and O–H groups in total. The van der Waals surface area contributed by atoms with Crippen molar-refractivity contribution >= 4 is 52.5 Å². The van der Waals surface area contributed by atoms with Gasteiger partial charge in [-0.05, 0) is 48.6 Å². The Labute approximate surface area is 250 Å². The van der Waals surface area contributed by atoms with Crippen molar-refractivity contribution in [2.75, 3.05) is 25.0 Å². The lowest BCUT2D eigenvalue weighted by atomic mass is 9.87. The topological polar surface area (TPSA) is 71.0 Å². The number of ether oxygens (including phenoxy) is 1. The predicted octanol–water partition coefficient (Wildman–Crippen LogP) is 8.83. The van der Waals surface area contributed by atoms with Gasteiger partial charge >= 0.3 is 5.97 Å². The molecule has 1 fully saturated rings. The van der Waals surface area contributed by atoms with E-state index in [2.05, 4.69) is 26.9 Å². The normalized spacial score (nSPS) is 14.6. The number of esters is 1. The van der Waals surface area contributed by atoms with Gasteiger partial charge < -0.3 is 10.1 Å². The number of rotatable bonds is 14. The van der Waals surface area contributed by atoms with Gasteiger partial charge in [0.05, 0.1) is 33.5 Å². The molecule has 4 rings (SSSR count). The van der Waals surface area contributed by atoms with Gasteiger partial charge in [-0.25, -0.2) is 0 Å². The van der Waals surface area contributed by atoms with E-state index in [0.29, 0.717) is 28.8 Å². The summed E-state index contributed by atoms with van der Waals surface area (Å²) in [7, 11) is 0. The van der Waals surface area contributed by atoms with E-state index in [9.17, 15) is 9.70 Å². The molecule has 0 heterocycles. The molecule has 0 unspecified atom stereocenters. The van der Waals surface area contributed by atoms with Gasteiger partial charge in [0.15, 0.2) is 0 Å². The maximum absolute atomic E-state index is 12.8. The van der Waals surface area contributed by atoms with Crippen molar-refractivity contribution in [1.82, 2.24) is 4.90 Å². The molecular weight excluding hydrogens is 565 g/mol. The molecule has 3 aromatic carbocycles. The number of nitrogens with zero attached hydrogens (tertiary/aromatic N) is 2. The smallest absolute Gasteiger partial charge is 0.310 e. The fraction of sp³-hybridized carbons (Fsp3) is 0.387. The first-order chi connectivity index (χ1) is 19.5. The number of carbonyl (C=O) groups excluding carboxylic acids is 1. The molecule has 9 heteroatoms. The first-order valence-corrected chi connectivity index (χ1v) is 15.2. The summed E-state index contributed by atoms with van der Waals surface area (Å²) in [6.45, 7) is 2.64. The van der Waals surface area contributed by atoms with Crippen LogP contribution in [0.25, 0.3) is 0 Å². The number of carbonyl (C=O) groups is 1. The molecule has 212 valence electrons. The number of hydrogen-bond donors (Lipinski definition) is 1. The molecule has 1 saturated carbocycles. The van der Waals surface area contributed by atoms with Crippen LogP contribution in [0.4, 0.5) is 11.4 Å². The summed E-state index contributed by atoms with van der Waals surface area (Å²) in [6.07, 6.45) is 6.27. The van der Waals surface area contributed by atoms with Crippen molar-refractivity contribution in [3.05, 3.63) is 98.9 Å². The standard InChI is InChI=1S/C31H35Cl2N3O3S/c32-26-14-9-15-27(33)30(26)34-28-16-6-5-13-25(28)21-29(37)39-20-10-19-36(22-24-11-3-1-4-12-24)23-31(40-35-38)17-7-2-8-18-31/h1,3-6,9,11-16,34H,2,7-8,10,17-23H2. The Bertz CT molecular complexity index is 1240. The summed E-state index contributed by atoms with van der Waals surface area (Å²) in [5.41, 5.74) is 3.37. The van der Waals surface area contributed by atoms with E-state index >= 15 is 0 Å². The van der Waals surface area contributed by atoms with Crippen LogP contribution in [0.5, 0.6) is 0 Å². The Morgan fingerprint density at radius 3 is 2.38 bits per heavy atom. The molecule has 0 aromatic heterocycles. The van der Waals surface area contributed by atoms with E-state index < -0.39 is 0 Å². The van der Waals surface area contributed by atoms with Gasteiger partial charge in [-0.2, -0.15) is 0 Å². The third-order valence-corrected chi connectivity index (χ3v) is 8.84. The Hall–Kier alpha value is -2.58. The van der Waals surface area contributed by atoms with Crippen molar-refractivity contribution in [3.8, 4) is 0 Å². The van der Waals surface area contributed by atoms with Gasteiger partial charge in [-0.1, -0.05) is 97.1 Å². The largest absolute Gasteiger partial charge is 0.465 e. The van der Waals surface area contributed by atoms with Crippen molar-refractivity contribution in [2.24, 2.45) is 4.58 Å². The molecule has 0 spiro atoms. The lowest BCUT2D eigenvalue weighted by molar-refractivity contribution is -0.143. The molecule has 0 amide bonds. The van der Waals surface area contributed by atoms with Crippen molar-refractivity contribution in [3.63, 3.8) is 0 Å². The summed E-state index contributed by atoms with van der Waals surface area (Å²) in [5, 5.41) is 4.27. The van der Waals surface area contributed by atoms with Crippen LogP contribution in [0.1, 0.15) is 49.7 Å². The van der Waals surface area contributed by atoms with Crippen LogP contribution >= 0.6 is 35.1 Å². The second-order valence-corrected chi connectivity index (χ2v) is 12.2. The van der Waals surface area contributed by atoms with Crippen LogP contribution in [0, 0.1) is 4.91 Å². The van der Waals surface area contributed by atoms with Gasteiger partial charge in [-0.3, -0.25) is 9.69 Å². The molecule has 0 saturated heterocycles. The molecule has 6 nitrogen and oxygen atoms in total. The van der Waals surface area contributed by atoms with E-state index in [1.165, 1.54) is 23.9 Å². The zero-order valence-corrected chi connectivity index (χ0v) is 24.8. The Balaban J connectivity index is 1.33. The van der Waals surface area contributed by atoms with Gasteiger partial charge in [-0.15, -0.1) is 4.91 Å². The van der Waals surface area contributed by atoms with Gasteiger partial charge in [0.1, 0.15) is 0 Å². The average molecular weight is 601 g/mol. The zero-order valence-electron chi connectivity index (χ0n) is 22.5. The summed E-state index contributed by atoms with van der Waals surface area (Å²) >= 11 is 13.9. The quantitative estimate of drug-likeness (QED) is 0.0863. The number of nitrogens with one attached hydrogen (secondary N) is 1. The van der Waals surface area contributed by atoms with Crippen molar-refractivity contribution in [1.29, 1.82) is 0 Å². The van der Waals surface area contributed by atoms with Gasteiger partial charge in [0.2, 0.25) is 0 Å². The fourth-order valence-electron chi connectivity index (χ4n) is 5.25. The second kappa shape index (κ2) is 15.4. The minimum Gasteiger partial charge on any atom is -0.465 e. The van der Waals surface area contributed by atoms with E-state index in [0.717, 1.165) is 56.6 Å². The van der Waals surface area contributed by atoms with Crippen molar-refractivity contribution in [2.45, 2.75) is 56.2 Å². The SMILES string of the molecule is O=NSC1(CN(CCCOC(=O)Cc2ccccc2Nc2c(Cl)cccc2Cl)Cc2ccccc2)CCCCC1. The second-order valence-electron chi connectivity index (χ2n) is 10.2. The lowest BCUT2D eigenvalue weighted by Gasteiger charge is -2.38.